The highest BCUT2D eigenvalue weighted by Gasteiger charge is 2.39. The van der Waals surface area contributed by atoms with Crippen LogP contribution in [0.25, 0.3) is 0 Å². The maximum absolute atomic E-state index is 13.2. The maximum atomic E-state index is 13.2. The van der Waals surface area contributed by atoms with Gasteiger partial charge >= 0.3 is 6.03 Å². The summed E-state index contributed by atoms with van der Waals surface area (Å²) < 4.78 is 1.71. The largest absolute Gasteiger partial charge is 0.341 e. The molecule has 1 unspecified atom stereocenters. The fraction of sp³-hybridized carbons (Fsp3) is 0.435. The second-order valence-electron chi connectivity index (χ2n) is 8.36. The van der Waals surface area contributed by atoms with Crippen molar-refractivity contribution in [3.05, 3.63) is 59.9 Å². The van der Waals surface area contributed by atoms with Gasteiger partial charge in [0.25, 0.3) is 5.91 Å². The first-order valence-electron chi connectivity index (χ1n) is 10.8. The molecule has 2 fully saturated rings. The Balaban J connectivity index is 1.21. The van der Waals surface area contributed by atoms with Crippen molar-refractivity contribution in [2.45, 2.75) is 44.3 Å². The number of carbonyl (C=O) groups excluding carboxylic acids is 3. The van der Waals surface area contributed by atoms with E-state index in [-0.39, 0.29) is 29.9 Å². The number of benzene rings is 1. The summed E-state index contributed by atoms with van der Waals surface area (Å²) in [5.41, 5.74) is 1.66. The van der Waals surface area contributed by atoms with E-state index < -0.39 is 0 Å². The van der Waals surface area contributed by atoms with Gasteiger partial charge in [0.05, 0.1) is 6.54 Å². The van der Waals surface area contributed by atoms with E-state index in [1.165, 1.54) is 0 Å². The van der Waals surface area contributed by atoms with Gasteiger partial charge in [0, 0.05) is 43.1 Å². The molecule has 2 saturated heterocycles. The molecule has 30 heavy (non-hydrogen) atoms. The third-order valence-electron chi connectivity index (χ3n) is 6.65. The lowest BCUT2D eigenvalue weighted by Crippen LogP contribution is -2.52. The Morgan fingerprint density at radius 3 is 2.40 bits per heavy atom. The number of hydrogen-bond acceptors (Lipinski definition) is 3. The van der Waals surface area contributed by atoms with E-state index in [0.29, 0.717) is 31.7 Å². The van der Waals surface area contributed by atoms with Gasteiger partial charge in [-0.3, -0.25) is 14.2 Å². The first-order valence-corrected chi connectivity index (χ1v) is 10.8. The predicted octanol–water partition coefficient (Wildman–Crippen LogP) is 2.57. The summed E-state index contributed by atoms with van der Waals surface area (Å²) in [4.78, 5) is 44.3. The number of amides is 3. The Morgan fingerprint density at radius 2 is 1.67 bits per heavy atom. The average molecular weight is 406 g/mol. The SMILES string of the molecule is O=C(C1CCCN1C(=O)c1ccccc1)N1CCC(N2Cc3cccn3C2=O)CC1. The number of fused-ring (bicyclic) bond motifs is 1. The van der Waals surface area contributed by atoms with Gasteiger partial charge in [-0.25, -0.2) is 4.79 Å². The number of rotatable bonds is 3. The van der Waals surface area contributed by atoms with Crippen molar-refractivity contribution in [1.29, 1.82) is 0 Å². The maximum Gasteiger partial charge on any atom is 0.329 e. The number of piperidine rings is 1. The molecule has 3 amide bonds. The second kappa shape index (κ2) is 7.63. The minimum Gasteiger partial charge on any atom is -0.341 e. The summed E-state index contributed by atoms with van der Waals surface area (Å²) >= 11 is 0. The smallest absolute Gasteiger partial charge is 0.329 e. The van der Waals surface area contributed by atoms with Crippen LogP contribution in [0.5, 0.6) is 0 Å². The summed E-state index contributed by atoms with van der Waals surface area (Å²) in [6, 6.07) is 12.9. The van der Waals surface area contributed by atoms with Crippen LogP contribution in [0.2, 0.25) is 0 Å². The Kier molecular flexibility index (Phi) is 4.81. The van der Waals surface area contributed by atoms with E-state index in [1.807, 2.05) is 46.3 Å². The molecule has 0 spiro atoms. The van der Waals surface area contributed by atoms with Crippen LogP contribution in [0.3, 0.4) is 0 Å². The van der Waals surface area contributed by atoms with Gasteiger partial charge in [0.1, 0.15) is 6.04 Å². The van der Waals surface area contributed by atoms with Gasteiger partial charge in [-0.15, -0.1) is 0 Å². The fourth-order valence-corrected chi connectivity index (χ4v) is 5.02. The molecule has 0 bridgehead atoms. The van der Waals surface area contributed by atoms with Crippen molar-refractivity contribution in [3.8, 4) is 0 Å². The Morgan fingerprint density at radius 1 is 0.900 bits per heavy atom. The van der Waals surface area contributed by atoms with Crippen molar-refractivity contribution in [3.63, 3.8) is 0 Å². The van der Waals surface area contributed by atoms with Gasteiger partial charge in [0.2, 0.25) is 5.91 Å². The van der Waals surface area contributed by atoms with E-state index in [0.717, 1.165) is 31.4 Å². The van der Waals surface area contributed by atoms with E-state index in [9.17, 15) is 14.4 Å². The molecule has 1 aromatic carbocycles. The van der Waals surface area contributed by atoms with Crippen LogP contribution in [0.15, 0.2) is 48.7 Å². The third-order valence-corrected chi connectivity index (χ3v) is 6.65. The zero-order valence-corrected chi connectivity index (χ0v) is 16.9. The van der Waals surface area contributed by atoms with Crippen molar-refractivity contribution in [2.75, 3.05) is 19.6 Å². The van der Waals surface area contributed by atoms with E-state index >= 15 is 0 Å². The number of carbonyl (C=O) groups is 3. The lowest BCUT2D eigenvalue weighted by Gasteiger charge is -2.38. The van der Waals surface area contributed by atoms with Crippen LogP contribution in [-0.2, 0) is 11.3 Å². The van der Waals surface area contributed by atoms with E-state index in [4.69, 9.17) is 0 Å². The van der Waals surface area contributed by atoms with Gasteiger partial charge in [-0.2, -0.15) is 0 Å². The molecule has 4 heterocycles. The number of hydrogen-bond donors (Lipinski definition) is 0. The highest BCUT2D eigenvalue weighted by atomic mass is 16.2. The molecular weight excluding hydrogens is 380 g/mol. The highest BCUT2D eigenvalue weighted by molar-refractivity contribution is 5.98. The molecule has 2 aromatic rings. The zero-order chi connectivity index (χ0) is 20.7. The van der Waals surface area contributed by atoms with Crippen LogP contribution >= 0.6 is 0 Å². The highest BCUT2D eigenvalue weighted by Crippen LogP contribution is 2.27. The molecule has 0 radical (unpaired) electrons. The topological polar surface area (TPSA) is 65.9 Å². The van der Waals surface area contributed by atoms with E-state index in [2.05, 4.69) is 0 Å². The lowest BCUT2D eigenvalue weighted by molar-refractivity contribution is -0.136. The monoisotopic (exact) mass is 406 g/mol. The molecule has 3 aliphatic heterocycles. The zero-order valence-electron chi connectivity index (χ0n) is 16.9. The molecule has 1 atom stereocenters. The van der Waals surface area contributed by atoms with Crippen LogP contribution < -0.4 is 0 Å². The van der Waals surface area contributed by atoms with Gasteiger partial charge in [-0.1, -0.05) is 18.2 Å². The standard InChI is InChI=1S/C23H26N4O3/c28-21(17-6-2-1-3-7-17)26-13-5-9-20(26)22(29)24-14-10-18(11-15-24)27-16-19-8-4-12-25(19)23(27)30/h1-4,6-8,12,18,20H,5,9-11,13-16H2. The van der Waals surface area contributed by atoms with Crippen molar-refractivity contribution >= 4 is 17.8 Å². The summed E-state index contributed by atoms with van der Waals surface area (Å²) in [7, 11) is 0. The van der Waals surface area contributed by atoms with Crippen LogP contribution in [0.4, 0.5) is 4.79 Å². The summed E-state index contributed by atoms with van der Waals surface area (Å²) in [5, 5.41) is 0. The summed E-state index contributed by atoms with van der Waals surface area (Å²) in [6.07, 6.45) is 4.95. The predicted molar refractivity (Wildman–Crippen MR) is 111 cm³/mol. The fourth-order valence-electron chi connectivity index (χ4n) is 5.02. The normalized spacial score (nSPS) is 21.9. The molecule has 0 N–H and O–H groups in total. The molecule has 0 aliphatic carbocycles. The third kappa shape index (κ3) is 3.18. The van der Waals surface area contributed by atoms with Crippen LogP contribution in [-0.4, -0.2) is 68.8 Å². The molecule has 3 aliphatic rings. The minimum atomic E-state index is -0.372. The molecule has 156 valence electrons. The van der Waals surface area contributed by atoms with Gasteiger partial charge < -0.3 is 14.7 Å². The van der Waals surface area contributed by atoms with E-state index in [1.54, 1.807) is 21.6 Å². The molecule has 5 rings (SSSR count). The van der Waals surface area contributed by atoms with Crippen LogP contribution in [0.1, 0.15) is 41.7 Å². The summed E-state index contributed by atoms with van der Waals surface area (Å²) in [5.74, 6) is -0.0137. The first-order chi connectivity index (χ1) is 14.6. The Hall–Kier alpha value is -3.09. The average Bonchev–Trinajstić information content (AvgIpc) is 3.52. The van der Waals surface area contributed by atoms with Gasteiger partial charge in [0.15, 0.2) is 0 Å². The molecular formula is C23H26N4O3. The molecule has 1 aromatic heterocycles. The van der Waals surface area contributed by atoms with Crippen LogP contribution in [0, 0.1) is 0 Å². The van der Waals surface area contributed by atoms with Crippen molar-refractivity contribution in [1.82, 2.24) is 19.3 Å². The number of likely N-dealkylation sites (tertiary alicyclic amines) is 2. The van der Waals surface area contributed by atoms with Crippen molar-refractivity contribution in [2.24, 2.45) is 0 Å². The molecule has 0 saturated carbocycles. The quantitative estimate of drug-likeness (QED) is 0.787. The second-order valence-corrected chi connectivity index (χ2v) is 8.36. The minimum absolute atomic E-state index is 0.0372. The Labute approximate surface area is 175 Å². The Bertz CT molecular complexity index is 962. The molecule has 7 nitrogen and oxygen atoms in total. The lowest BCUT2D eigenvalue weighted by atomic mass is 10.0. The van der Waals surface area contributed by atoms with Gasteiger partial charge in [-0.05, 0) is 49.9 Å². The van der Waals surface area contributed by atoms with Crippen molar-refractivity contribution < 1.29 is 14.4 Å². The first kappa shape index (κ1) is 18.9. The number of nitrogens with zero attached hydrogens (tertiary/aromatic N) is 4. The molecule has 7 heteroatoms. The number of aromatic nitrogens is 1. The summed E-state index contributed by atoms with van der Waals surface area (Å²) in [6.45, 7) is 2.53.